The molecule has 0 bridgehead atoms. The summed E-state index contributed by atoms with van der Waals surface area (Å²) in [5, 5.41) is 4.83. The van der Waals surface area contributed by atoms with Gasteiger partial charge in [-0.3, -0.25) is 0 Å². The largest absolute Gasteiger partial charge is 0.316 e. The van der Waals surface area contributed by atoms with Gasteiger partial charge in [0.1, 0.15) is 0 Å². The van der Waals surface area contributed by atoms with Crippen LogP contribution in [0.3, 0.4) is 0 Å². The molecule has 0 unspecified atom stereocenters. The topological polar surface area (TPSA) is 61.4 Å². The van der Waals surface area contributed by atoms with Crippen molar-refractivity contribution in [3.63, 3.8) is 0 Å². The van der Waals surface area contributed by atoms with Crippen LogP contribution in [-0.2, 0) is 16.6 Å². The second-order valence-electron chi connectivity index (χ2n) is 4.82. The maximum Gasteiger partial charge on any atom is 0.253 e. The van der Waals surface area contributed by atoms with Gasteiger partial charge < -0.3 is 5.32 Å². The monoisotopic (exact) mass is 283 g/mol. The quantitative estimate of drug-likeness (QED) is 0.849. The van der Waals surface area contributed by atoms with E-state index in [-0.39, 0.29) is 0 Å². The van der Waals surface area contributed by atoms with Crippen LogP contribution in [0.15, 0.2) is 29.2 Å². The SMILES string of the molecule is CNCc1ccc(S(=O)(=O)NN2CCCCC2)cc1. The highest BCUT2D eigenvalue weighted by atomic mass is 32.2. The Hall–Kier alpha value is -0.950. The maximum absolute atomic E-state index is 12.2. The highest BCUT2D eigenvalue weighted by Crippen LogP contribution is 2.13. The lowest BCUT2D eigenvalue weighted by atomic mass is 10.2. The Morgan fingerprint density at radius 2 is 1.74 bits per heavy atom. The van der Waals surface area contributed by atoms with Crippen molar-refractivity contribution in [2.45, 2.75) is 30.7 Å². The van der Waals surface area contributed by atoms with Crippen molar-refractivity contribution in [1.29, 1.82) is 0 Å². The van der Waals surface area contributed by atoms with E-state index >= 15 is 0 Å². The lowest BCUT2D eigenvalue weighted by molar-refractivity contribution is 0.200. The van der Waals surface area contributed by atoms with Gasteiger partial charge in [0.15, 0.2) is 0 Å². The molecule has 0 spiro atoms. The zero-order valence-electron chi connectivity index (χ0n) is 11.2. The number of hydrazine groups is 1. The van der Waals surface area contributed by atoms with Crippen molar-refractivity contribution in [3.8, 4) is 0 Å². The predicted octanol–water partition coefficient (Wildman–Crippen LogP) is 1.09. The molecule has 2 N–H and O–H groups in total. The molecule has 2 rings (SSSR count). The molecule has 1 aromatic carbocycles. The van der Waals surface area contributed by atoms with Crippen LogP contribution in [0.25, 0.3) is 0 Å². The van der Waals surface area contributed by atoms with Crippen LogP contribution in [-0.4, -0.2) is 33.6 Å². The van der Waals surface area contributed by atoms with Crippen molar-refractivity contribution >= 4 is 10.0 Å². The molecular formula is C13H21N3O2S. The summed E-state index contributed by atoms with van der Waals surface area (Å²) >= 11 is 0. The minimum absolute atomic E-state index is 0.318. The van der Waals surface area contributed by atoms with Crippen molar-refractivity contribution in [3.05, 3.63) is 29.8 Å². The third-order valence-electron chi connectivity index (χ3n) is 3.22. The summed E-state index contributed by atoms with van der Waals surface area (Å²) in [4.78, 5) is 2.97. The lowest BCUT2D eigenvalue weighted by Gasteiger charge is -2.26. The van der Waals surface area contributed by atoms with Crippen molar-refractivity contribution in [2.75, 3.05) is 20.1 Å². The van der Waals surface area contributed by atoms with E-state index in [1.54, 1.807) is 17.1 Å². The van der Waals surface area contributed by atoms with Gasteiger partial charge in [-0.15, -0.1) is 4.83 Å². The number of hydrogen-bond donors (Lipinski definition) is 2. The smallest absolute Gasteiger partial charge is 0.253 e. The van der Waals surface area contributed by atoms with E-state index in [4.69, 9.17) is 0 Å². The summed E-state index contributed by atoms with van der Waals surface area (Å²) in [6, 6.07) is 6.97. The molecule has 0 radical (unpaired) electrons. The summed E-state index contributed by atoms with van der Waals surface area (Å²) in [7, 11) is -1.57. The normalized spacial score (nSPS) is 17.5. The summed E-state index contributed by atoms with van der Waals surface area (Å²) in [6.07, 6.45) is 3.27. The van der Waals surface area contributed by atoms with E-state index in [0.717, 1.165) is 38.0 Å². The molecule has 1 aliphatic rings. The second kappa shape index (κ2) is 6.47. The fourth-order valence-corrected chi connectivity index (χ4v) is 3.32. The Balaban J connectivity index is 2.05. The third-order valence-corrected chi connectivity index (χ3v) is 4.61. The van der Waals surface area contributed by atoms with E-state index < -0.39 is 10.0 Å². The number of piperidine rings is 1. The van der Waals surface area contributed by atoms with Gasteiger partial charge >= 0.3 is 0 Å². The van der Waals surface area contributed by atoms with Crippen LogP contribution in [0, 0.1) is 0 Å². The summed E-state index contributed by atoms with van der Waals surface area (Å²) in [5.41, 5.74) is 1.07. The molecule has 5 nitrogen and oxygen atoms in total. The van der Waals surface area contributed by atoms with Gasteiger partial charge in [-0.1, -0.05) is 18.6 Å². The van der Waals surface area contributed by atoms with Crippen molar-refractivity contribution < 1.29 is 8.42 Å². The molecule has 0 aromatic heterocycles. The fraction of sp³-hybridized carbons (Fsp3) is 0.538. The van der Waals surface area contributed by atoms with Gasteiger partial charge in [-0.2, -0.15) is 0 Å². The van der Waals surface area contributed by atoms with Gasteiger partial charge in [0.2, 0.25) is 0 Å². The minimum Gasteiger partial charge on any atom is -0.316 e. The maximum atomic E-state index is 12.2. The van der Waals surface area contributed by atoms with Gasteiger partial charge in [0.05, 0.1) is 4.90 Å². The average Bonchev–Trinajstić information content (AvgIpc) is 2.40. The molecule has 106 valence electrons. The van der Waals surface area contributed by atoms with Crippen molar-refractivity contribution in [2.24, 2.45) is 0 Å². The van der Waals surface area contributed by atoms with Crippen LogP contribution in [0.1, 0.15) is 24.8 Å². The van der Waals surface area contributed by atoms with Crippen molar-refractivity contribution in [1.82, 2.24) is 15.2 Å². The standard InChI is InChI=1S/C13H21N3O2S/c1-14-11-12-5-7-13(8-6-12)19(17,18)15-16-9-3-2-4-10-16/h5-8,14-15H,2-4,9-11H2,1H3. The van der Waals surface area contributed by atoms with Crippen LogP contribution >= 0.6 is 0 Å². The first-order valence-electron chi connectivity index (χ1n) is 6.63. The van der Waals surface area contributed by atoms with E-state index in [0.29, 0.717) is 4.90 Å². The van der Waals surface area contributed by atoms with E-state index in [1.165, 1.54) is 6.42 Å². The molecule has 0 atom stereocenters. The Bertz CT molecular complexity index is 493. The van der Waals surface area contributed by atoms with E-state index in [9.17, 15) is 8.42 Å². The van der Waals surface area contributed by atoms with Gasteiger partial charge in [-0.25, -0.2) is 13.4 Å². The second-order valence-corrected chi connectivity index (χ2v) is 6.48. The number of rotatable bonds is 5. The Morgan fingerprint density at radius 1 is 1.11 bits per heavy atom. The summed E-state index contributed by atoms with van der Waals surface area (Å²) in [5.74, 6) is 0. The molecule has 0 saturated carbocycles. The minimum atomic E-state index is -3.44. The molecule has 1 saturated heterocycles. The number of sulfonamides is 1. The lowest BCUT2D eigenvalue weighted by Crippen LogP contribution is -2.44. The van der Waals surface area contributed by atoms with Crippen LogP contribution < -0.4 is 10.1 Å². The number of nitrogens with one attached hydrogen (secondary N) is 2. The Labute approximate surface area is 115 Å². The van der Waals surface area contributed by atoms with E-state index in [1.807, 2.05) is 19.2 Å². The highest BCUT2D eigenvalue weighted by Gasteiger charge is 2.19. The first kappa shape index (κ1) is 14.5. The number of benzene rings is 1. The van der Waals surface area contributed by atoms with Crippen LogP contribution in [0.4, 0.5) is 0 Å². The van der Waals surface area contributed by atoms with Gasteiger partial charge in [0.25, 0.3) is 10.0 Å². The molecule has 1 aromatic rings. The van der Waals surface area contributed by atoms with Crippen LogP contribution in [0.5, 0.6) is 0 Å². The molecule has 19 heavy (non-hydrogen) atoms. The number of nitrogens with zero attached hydrogens (tertiary/aromatic N) is 1. The molecule has 0 aliphatic carbocycles. The first-order chi connectivity index (χ1) is 9.12. The molecule has 6 heteroatoms. The zero-order chi connectivity index (χ0) is 13.7. The molecule has 1 heterocycles. The predicted molar refractivity (Wildman–Crippen MR) is 75.0 cm³/mol. The van der Waals surface area contributed by atoms with Gasteiger partial charge in [-0.05, 0) is 37.6 Å². The zero-order valence-corrected chi connectivity index (χ0v) is 12.0. The van der Waals surface area contributed by atoms with Gasteiger partial charge in [0, 0.05) is 19.6 Å². The Morgan fingerprint density at radius 3 is 2.32 bits per heavy atom. The Kier molecular flexibility index (Phi) is 4.93. The number of hydrogen-bond acceptors (Lipinski definition) is 4. The fourth-order valence-electron chi connectivity index (χ4n) is 2.20. The average molecular weight is 283 g/mol. The molecule has 0 amide bonds. The first-order valence-corrected chi connectivity index (χ1v) is 8.11. The summed E-state index contributed by atoms with van der Waals surface area (Å²) in [6.45, 7) is 2.31. The highest BCUT2D eigenvalue weighted by molar-refractivity contribution is 7.89. The third kappa shape index (κ3) is 4.01. The molecular weight excluding hydrogens is 262 g/mol. The molecule has 1 aliphatic heterocycles. The summed E-state index contributed by atoms with van der Waals surface area (Å²) < 4.78 is 24.4. The van der Waals surface area contributed by atoms with E-state index in [2.05, 4.69) is 10.1 Å². The molecule has 1 fully saturated rings. The van der Waals surface area contributed by atoms with Crippen LogP contribution in [0.2, 0.25) is 0 Å².